The quantitative estimate of drug-likeness (QED) is 0.238. The summed E-state index contributed by atoms with van der Waals surface area (Å²) < 4.78 is 0. The van der Waals surface area contributed by atoms with Gasteiger partial charge in [0, 0.05) is 6.42 Å². The average Bonchev–Trinajstić information content (AvgIpc) is 1.88. The third kappa shape index (κ3) is 5.66. The molecule has 0 amide bonds. The van der Waals surface area contributed by atoms with Crippen molar-refractivity contribution >= 4 is 5.84 Å². The highest BCUT2D eigenvalue weighted by Crippen LogP contribution is 2.20. The third-order valence-electron chi connectivity index (χ3n) is 1.43. The minimum atomic E-state index is 0.298. The molecule has 0 fully saturated rings. The highest BCUT2D eigenvalue weighted by atomic mass is 15.3. The largest absolute Gasteiger partial charge is 0.322 e. The number of rotatable bonds is 2. The van der Waals surface area contributed by atoms with Gasteiger partial charge in [0.25, 0.3) is 0 Å². The molecule has 0 rings (SSSR count). The summed E-state index contributed by atoms with van der Waals surface area (Å²) in [5, 5.41) is 3.49. The topological polar surface area (TPSA) is 76.4 Å². The minimum absolute atomic E-state index is 0.298. The first-order valence-electron chi connectivity index (χ1n) is 3.73. The van der Waals surface area contributed by atoms with Crippen molar-refractivity contribution in [1.82, 2.24) is 5.43 Å². The molecule has 4 heteroatoms. The fourth-order valence-corrected chi connectivity index (χ4v) is 0.667. The number of nitrogens with two attached hydrogens (primary N) is 2. The molecule has 0 aromatic carbocycles. The van der Waals surface area contributed by atoms with E-state index >= 15 is 0 Å². The molecule has 0 aliphatic carbocycles. The summed E-state index contributed by atoms with van der Waals surface area (Å²) in [6.07, 6.45) is 1.82. The lowest BCUT2D eigenvalue weighted by Gasteiger charge is -2.17. The maximum atomic E-state index is 5.15. The van der Waals surface area contributed by atoms with Crippen molar-refractivity contribution in [2.75, 3.05) is 0 Å². The van der Waals surface area contributed by atoms with Crippen LogP contribution in [0.2, 0.25) is 0 Å². The monoisotopic (exact) mass is 158 g/mol. The summed E-state index contributed by atoms with van der Waals surface area (Å²) in [6, 6.07) is 0. The zero-order chi connectivity index (χ0) is 8.91. The van der Waals surface area contributed by atoms with E-state index in [0.717, 1.165) is 12.8 Å². The smallest absolute Gasteiger partial charge is 0.135 e. The van der Waals surface area contributed by atoms with E-state index < -0.39 is 0 Å². The maximum absolute atomic E-state index is 5.15. The normalized spacial score (nSPS) is 13.3. The molecule has 0 aliphatic heterocycles. The molecule has 0 bridgehead atoms. The lowest BCUT2D eigenvalue weighted by Crippen LogP contribution is -2.32. The second kappa shape index (κ2) is 4.18. The van der Waals surface area contributed by atoms with E-state index in [-0.39, 0.29) is 0 Å². The molecule has 11 heavy (non-hydrogen) atoms. The van der Waals surface area contributed by atoms with Crippen LogP contribution in [0.5, 0.6) is 0 Å². The van der Waals surface area contributed by atoms with E-state index in [1.54, 1.807) is 0 Å². The Labute approximate surface area is 68.0 Å². The Balaban J connectivity index is 3.70. The van der Waals surface area contributed by atoms with Gasteiger partial charge in [0.2, 0.25) is 0 Å². The van der Waals surface area contributed by atoms with Crippen LogP contribution in [0.25, 0.3) is 0 Å². The van der Waals surface area contributed by atoms with Gasteiger partial charge in [-0.3, -0.25) is 0 Å². The van der Waals surface area contributed by atoms with Gasteiger partial charge in [0.1, 0.15) is 5.84 Å². The Kier molecular flexibility index (Phi) is 3.89. The van der Waals surface area contributed by atoms with Crippen molar-refractivity contribution in [3.05, 3.63) is 0 Å². The number of hydrazone groups is 1. The van der Waals surface area contributed by atoms with E-state index in [0.29, 0.717) is 11.3 Å². The van der Waals surface area contributed by atoms with Crippen molar-refractivity contribution in [1.29, 1.82) is 0 Å². The molecule has 0 aromatic heterocycles. The molecule has 66 valence electrons. The summed E-state index contributed by atoms with van der Waals surface area (Å²) >= 11 is 0. The molecule has 0 radical (unpaired) electrons. The van der Waals surface area contributed by atoms with E-state index in [2.05, 4.69) is 31.3 Å². The zero-order valence-corrected chi connectivity index (χ0v) is 7.52. The van der Waals surface area contributed by atoms with Gasteiger partial charge in [-0.2, -0.15) is 5.10 Å². The van der Waals surface area contributed by atoms with E-state index in [4.69, 9.17) is 11.7 Å². The molecule has 0 atom stereocenters. The molecule has 0 aliphatic rings. The fraction of sp³-hybridized carbons (Fsp3) is 0.857. The first kappa shape index (κ1) is 10.2. The second-order valence-corrected chi connectivity index (χ2v) is 3.78. The van der Waals surface area contributed by atoms with Crippen LogP contribution in [-0.4, -0.2) is 5.84 Å². The van der Waals surface area contributed by atoms with Gasteiger partial charge in [0.05, 0.1) is 0 Å². The van der Waals surface area contributed by atoms with Crippen LogP contribution in [0.1, 0.15) is 33.6 Å². The third-order valence-corrected chi connectivity index (χ3v) is 1.43. The summed E-state index contributed by atoms with van der Waals surface area (Å²) in [6.45, 7) is 6.49. The molecule has 5 N–H and O–H groups in total. The van der Waals surface area contributed by atoms with Crippen molar-refractivity contribution < 1.29 is 0 Å². The van der Waals surface area contributed by atoms with Crippen molar-refractivity contribution in [3.63, 3.8) is 0 Å². The van der Waals surface area contributed by atoms with Gasteiger partial charge < -0.3 is 11.3 Å². The molecule has 0 aromatic rings. The molecule has 4 nitrogen and oxygen atoms in total. The molecule has 0 spiro atoms. The number of hydrazine groups is 1. The Morgan fingerprint density at radius 2 is 2.00 bits per heavy atom. The average molecular weight is 158 g/mol. The molecule has 0 saturated heterocycles. The highest BCUT2D eigenvalue weighted by Gasteiger charge is 2.10. The van der Waals surface area contributed by atoms with Crippen LogP contribution in [0.15, 0.2) is 5.10 Å². The molecule has 0 unspecified atom stereocenters. The maximum Gasteiger partial charge on any atom is 0.135 e. The van der Waals surface area contributed by atoms with Crippen LogP contribution in [0.3, 0.4) is 0 Å². The van der Waals surface area contributed by atoms with Crippen LogP contribution >= 0.6 is 0 Å². The Bertz CT molecular complexity index is 134. The number of hydrogen-bond acceptors (Lipinski definition) is 3. The van der Waals surface area contributed by atoms with Crippen LogP contribution in [-0.2, 0) is 0 Å². The van der Waals surface area contributed by atoms with Gasteiger partial charge in [-0.25, -0.2) is 5.84 Å². The lowest BCUT2D eigenvalue weighted by atomic mass is 9.90. The van der Waals surface area contributed by atoms with Crippen LogP contribution in [0.4, 0.5) is 0 Å². The Morgan fingerprint density at radius 1 is 1.45 bits per heavy atom. The molecular weight excluding hydrogens is 140 g/mol. The minimum Gasteiger partial charge on any atom is -0.322 e. The Hall–Kier alpha value is -0.770. The fourth-order valence-electron chi connectivity index (χ4n) is 0.667. The van der Waals surface area contributed by atoms with E-state index in [9.17, 15) is 0 Å². The molecule has 0 saturated carbocycles. The predicted octanol–water partition coefficient (Wildman–Crippen LogP) is 0.548. The van der Waals surface area contributed by atoms with Crippen LogP contribution in [0, 0.1) is 5.41 Å². The number of hydrogen-bond donors (Lipinski definition) is 3. The highest BCUT2D eigenvalue weighted by molar-refractivity contribution is 5.81. The van der Waals surface area contributed by atoms with Gasteiger partial charge in [-0.15, -0.1) is 0 Å². The first-order valence-corrected chi connectivity index (χ1v) is 3.73. The van der Waals surface area contributed by atoms with Gasteiger partial charge in [-0.05, 0) is 11.8 Å². The number of nitrogens with one attached hydrogen (secondary N) is 1. The summed E-state index contributed by atoms with van der Waals surface area (Å²) in [4.78, 5) is 0. The summed E-state index contributed by atoms with van der Waals surface area (Å²) in [5.74, 6) is 10.9. The number of nitrogens with zero attached hydrogens (tertiary/aromatic N) is 1. The molecule has 0 heterocycles. The van der Waals surface area contributed by atoms with Gasteiger partial charge in [0.15, 0.2) is 0 Å². The summed E-state index contributed by atoms with van der Waals surface area (Å²) in [7, 11) is 0. The first-order chi connectivity index (χ1) is 4.99. The van der Waals surface area contributed by atoms with E-state index in [1.807, 2.05) is 0 Å². The van der Waals surface area contributed by atoms with Gasteiger partial charge in [-0.1, -0.05) is 20.8 Å². The number of amidine groups is 1. The standard InChI is InChI=1S/C7H18N4/c1-7(2,3)5-4-6(10-8)11-9/h4-5,8-9H2,1-3H3,(H,10,11). The van der Waals surface area contributed by atoms with Crippen molar-refractivity contribution in [2.45, 2.75) is 33.6 Å². The lowest BCUT2D eigenvalue weighted by molar-refractivity contribution is 0.384. The zero-order valence-electron chi connectivity index (χ0n) is 7.52. The van der Waals surface area contributed by atoms with Crippen molar-refractivity contribution in [3.8, 4) is 0 Å². The van der Waals surface area contributed by atoms with Crippen LogP contribution < -0.4 is 17.1 Å². The Morgan fingerprint density at radius 3 is 2.27 bits per heavy atom. The van der Waals surface area contributed by atoms with Gasteiger partial charge >= 0.3 is 0 Å². The predicted molar refractivity (Wildman–Crippen MR) is 47.6 cm³/mol. The second-order valence-electron chi connectivity index (χ2n) is 3.78. The van der Waals surface area contributed by atoms with E-state index in [1.165, 1.54) is 0 Å². The molecular formula is C7H18N4. The SMILES string of the molecule is CC(C)(C)CC/C(=N/N)NN. The summed E-state index contributed by atoms with van der Waals surface area (Å²) in [5.41, 5.74) is 2.75. The van der Waals surface area contributed by atoms with Crippen molar-refractivity contribution in [2.24, 2.45) is 22.2 Å².